The fourth-order valence-corrected chi connectivity index (χ4v) is 0.806. The molecule has 5 heteroatoms. The van der Waals surface area contributed by atoms with Gasteiger partial charge in [0.15, 0.2) is 0 Å². The van der Waals surface area contributed by atoms with E-state index in [2.05, 4.69) is 42.9 Å². The summed E-state index contributed by atoms with van der Waals surface area (Å²) >= 11 is 3.25. The van der Waals surface area contributed by atoms with Gasteiger partial charge >= 0.3 is 7.12 Å². The second-order valence-electron chi connectivity index (χ2n) is 3.82. The van der Waals surface area contributed by atoms with Crippen molar-refractivity contribution in [3.8, 4) is 0 Å². The fraction of sp³-hybridized carbons (Fsp3) is 0.714. The minimum atomic E-state index is -1.17. The van der Waals surface area contributed by atoms with E-state index in [1.165, 1.54) is 32.1 Å². The molecule has 1 radical (unpaired) electrons. The molecule has 0 atom stereocenters. The number of hydrogen-bond acceptors (Lipinski definition) is 2. The van der Waals surface area contributed by atoms with E-state index in [4.69, 9.17) is 13.0 Å². The Labute approximate surface area is 144 Å². The number of allylic oxidation sites excluding steroid dienone is 2. The van der Waals surface area contributed by atoms with E-state index in [-0.39, 0.29) is 18.6 Å². The van der Waals surface area contributed by atoms with Gasteiger partial charge in [-0.05, 0) is 32.0 Å². The van der Waals surface area contributed by atoms with E-state index < -0.39 is 7.12 Å². The summed E-state index contributed by atoms with van der Waals surface area (Å²) in [6.45, 7) is 11.4. The zero-order valence-electron chi connectivity index (χ0n) is 14.5. The monoisotopic (exact) mass is 375 g/mol. The number of halogens is 1. The average Bonchev–Trinajstić information content (AvgIpc) is 2.48. The first-order valence-electron chi connectivity index (χ1n) is 7.74. The van der Waals surface area contributed by atoms with Crippen molar-refractivity contribution < 1.29 is 31.6 Å². The van der Waals surface area contributed by atoms with E-state index in [1.54, 1.807) is 6.08 Å². The van der Waals surface area contributed by atoms with Crippen LogP contribution in [0.3, 0.4) is 0 Å². The largest absolute Gasteiger partial charge is 0.451 e. The van der Waals surface area contributed by atoms with Crippen LogP contribution in [0, 0.1) is 0 Å². The van der Waals surface area contributed by atoms with Crippen molar-refractivity contribution in [2.75, 3.05) is 5.33 Å². The van der Waals surface area contributed by atoms with Crippen LogP contribution in [0.25, 0.3) is 0 Å². The van der Waals surface area contributed by atoms with Crippen LogP contribution < -0.4 is 0 Å². The van der Waals surface area contributed by atoms with Gasteiger partial charge in [0, 0.05) is 26.9 Å². The van der Waals surface area contributed by atoms with Crippen LogP contribution in [0.5, 0.6) is 0 Å². The molecule has 0 spiro atoms. The predicted molar refractivity (Wildman–Crippen MR) is 90.4 cm³/mol. The Morgan fingerprint density at radius 2 is 1.58 bits per heavy atom. The normalized spacial score (nSPS) is 8.26. The summed E-state index contributed by atoms with van der Waals surface area (Å²) in [5, 5.41) is 17.5. The molecule has 0 heterocycles. The van der Waals surface area contributed by atoms with E-state index in [0.717, 1.165) is 5.33 Å². The Balaban J connectivity index is -0.0000000579. The Morgan fingerprint density at radius 1 is 1.11 bits per heavy atom. The van der Waals surface area contributed by atoms with E-state index in [9.17, 15) is 0 Å². The summed E-state index contributed by atoms with van der Waals surface area (Å²) in [6.07, 6.45) is 11.1. The molecule has 0 aromatic carbocycles. The molecule has 0 saturated carbocycles. The van der Waals surface area contributed by atoms with Crippen molar-refractivity contribution >= 4 is 23.0 Å². The van der Waals surface area contributed by atoms with E-state index in [0.29, 0.717) is 12.7 Å². The van der Waals surface area contributed by atoms with Crippen molar-refractivity contribution in [1.29, 1.82) is 0 Å². The second-order valence-corrected chi connectivity index (χ2v) is 4.61. The molecule has 2 nitrogen and oxygen atoms in total. The Hall–Kier alpha value is 0.529. The van der Waals surface area contributed by atoms with Gasteiger partial charge in [0.25, 0.3) is 0 Å². The van der Waals surface area contributed by atoms with Crippen molar-refractivity contribution in [1.82, 2.24) is 0 Å². The second kappa shape index (κ2) is 31.1. The molecule has 0 bridgehead atoms. The van der Waals surface area contributed by atoms with Crippen molar-refractivity contribution in [2.45, 2.75) is 58.7 Å². The van der Waals surface area contributed by atoms with Crippen LogP contribution in [-0.4, -0.2) is 22.5 Å². The number of rotatable bonds is 8. The van der Waals surface area contributed by atoms with Gasteiger partial charge in [-0.15, -0.1) is 13.2 Å². The summed E-state index contributed by atoms with van der Waals surface area (Å²) < 4.78 is 10.0. The summed E-state index contributed by atoms with van der Waals surface area (Å²) in [5.74, 6) is 0. The minimum absolute atomic E-state index is 0. The van der Waals surface area contributed by atoms with E-state index >= 15 is 0 Å². The smallest absolute Gasteiger partial charge is 0.427 e. The molecule has 0 aromatic rings. The van der Waals surface area contributed by atoms with Gasteiger partial charge in [0.2, 0.25) is 0 Å². The first kappa shape index (κ1) is 24.5. The molecule has 2 N–H and O–H groups in total. The van der Waals surface area contributed by atoms with Crippen LogP contribution in [0.15, 0.2) is 25.3 Å². The van der Waals surface area contributed by atoms with Crippen LogP contribution in [-0.2, 0) is 18.6 Å². The molecular formula is C14H32BBrO2V. The van der Waals surface area contributed by atoms with Gasteiger partial charge in [-0.25, -0.2) is 0 Å². The maximum absolute atomic E-state index is 8.19. The van der Waals surface area contributed by atoms with Crippen molar-refractivity contribution in [3.05, 3.63) is 25.3 Å². The molecular weight excluding hydrogens is 342 g/mol. The van der Waals surface area contributed by atoms with Crippen molar-refractivity contribution in [3.63, 3.8) is 0 Å². The Morgan fingerprint density at radius 3 is 1.79 bits per heavy atom. The summed E-state index contributed by atoms with van der Waals surface area (Å²) in [7, 11) is -1.17. The zero-order valence-corrected chi connectivity index (χ0v) is 15.5. The summed E-state index contributed by atoms with van der Waals surface area (Å²) in [4.78, 5) is 0. The quantitative estimate of drug-likeness (QED) is 0.276. The first-order chi connectivity index (χ1) is 9.60. The summed E-state index contributed by atoms with van der Waals surface area (Å²) in [5.41, 5.74) is 0. The zero-order chi connectivity index (χ0) is 16.6. The van der Waals surface area contributed by atoms with Crippen LogP contribution in [0.2, 0.25) is 6.32 Å². The first-order valence-corrected chi connectivity index (χ1v) is 7.86. The SMILES string of the molecule is C=CCCB(O)O.C=CCCCCC.CCCBr.[2H][2H].[V]. The average molecular weight is 376 g/mol. The molecule has 115 valence electrons. The van der Waals surface area contributed by atoms with Crippen LogP contribution in [0.4, 0.5) is 0 Å². The molecule has 0 aromatic heterocycles. The van der Waals surface area contributed by atoms with Gasteiger partial charge in [0.05, 0.1) is 0 Å². The molecule has 0 aliphatic rings. The molecule has 0 fully saturated rings. The van der Waals surface area contributed by atoms with Crippen molar-refractivity contribution in [2.24, 2.45) is 0 Å². The number of hydrogen-bond donors (Lipinski definition) is 2. The maximum Gasteiger partial charge on any atom is 0.451 e. The number of unbranched alkanes of at least 4 members (excludes halogenated alkanes) is 3. The van der Waals surface area contributed by atoms with Crippen LogP contribution in [0.1, 0.15) is 55.3 Å². The summed E-state index contributed by atoms with van der Waals surface area (Å²) in [6, 6.07) is 0. The predicted octanol–water partition coefficient (Wildman–Crippen LogP) is 4.82. The van der Waals surface area contributed by atoms with Gasteiger partial charge in [-0.3, -0.25) is 0 Å². The third-order valence-electron chi connectivity index (χ3n) is 1.83. The molecule has 19 heavy (non-hydrogen) atoms. The standard InChI is InChI=1S/C7H14.C4H9BO2.C3H7Br.V.H2/c1-3-5-7-6-4-2;1-2-3-4-5(6)7;1-2-3-4;;/h3H,1,4-7H2,2H3;2,6-7H,1,3-4H2;2-3H2,1H3;;1H/i;;;;1+1D. The molecule has 0 aliphatic heterocycles. The Kier molecular flexibility index (Phi) is 40.2. The third kappa shape index (κ3) is 55.8. The molecule has 0 aliphatic carbocycles. The van der Waals surface area contributed by atoms with Gasteiger partial charge in [-0.2, -0.15) is 0 Å². The van der Waals surface area contributed by atoms with Gasteiger partial charge in [0.1, 0.15) is 0 Å². The molecule has 0 unspecified atom stereocenters. The van der Waals surface area contributed by atoms with Gasteiger partial charge < -0.3 is 10.0 Å². The van der Waals surface area contributed by atoms with E-state index in [1.807, 2.05) is 6.08 Å². The third-order valence-corrected chi connectivity index (χ3v) is 2.62. The fourth-order valence-electron chi connectivity index (χ4n) is 0.806. The van der Waals surface area contributed by atoms with Gasteiger partial charge in [-0.1, -0.05) is 54.8 Å². The van der Waals surface area contributed by atoms with Crippen LogP contribution >= 0.6 is 15.9 Å². The number of alkyl halides is 1. The molecule has 0 saturated heterocycles. The topological polar surface area (TPSA) is 40.5 Å². The molecule has 0 rings (SSSR count). The Bertz CT molecular complexity index is 166. The molecule has 0 amide bonds. The maximum atomic E-state index is 8.19. The minimum Gasteiger partial charge on any atom is -0.427 e.